The summed E-state index contributed by atoms with van der Waals surface area (Å²) in [5.74, 6) is 1.46. The minimum absolute atomic E-state index is 0.0973. The number of carbonyl (C=O) groups excluding carboxylic acids is 1. The lowest BCUT2D eigenvalue weighted by Crippen LogP contribution is -2.26. The zero-order valence-corrected chi connectivity index (χ0v) is 15.6. The zero-order chi connectivity index (χ0) is 18.1. The maximum Gasteiger partial charge on any atom is 0.296 e. The smallest absolute Gasteiger partial charge is 0.296 e. The van der Waals surface area contributed by atoms with Crippen LogP contribution in [0, 0.1) is 6.92 Å². The van der Waals surface area contributed by atoms with Crippen LogP contribution in [0.2, 0.25) is 0 Å². The van der Waals surface area contributed by atoms with Crippen molar-refractivity contribution in [1.29, 1.82) is 0 Å². The van der Waals surface area contributed by atoms with Gasteiger partial charge >= 0.3 is 0 Å². The monoisotopic (exact) mass is 377 g/mol. The molecule has 0 bridgehead atoms. The Bertz CT molecular complexity index is 1000. The Morgan fingerprint density at radius 2 is 1.73 bits per heavy atom. The molecule has 2 aromatic carbocycles. The number of thioether (sulfide) groups is 1. The summed E-state index contributed by atoms with van der Waals surface area (Å²) in [7, 11) is 0. The molecule has 0 N–H and O–H groups in total. The molecule has 0 atom stereocenters. The van der Waals surface area contributed by atoms with E-state index >= 15 is 0 Å². The van der Waals surface area contributed by atoms with Crippen LogP contribution in [0.25, 0.3) is 17.4 Å². The van der Waals surface area contributed by atoms with Crippen molar-refractivity contribution in [2.75, 3.05) is 4.90 Å². The Labute approximate surface area is 161 Å². The first-order valence-electron chi connectivity index (χ1n) is 8.12. The van der Waals surface area contributed by atoms with E-state index in [1.807, 2.05) is 79.7 Å². The lowest BCUT2D eigenvalue weighted by Gasteiger charge is -2.14. The Balaban J connectivity index is 1.61. The number of benzene rings is 2. The number of thiocarbonyl (C=S) groups is 1. The number of anilines is 1. The van der Waals surface area contributed by atoms with E-state index in [4.69, 9.17) is 16.6 Å². The van der Waals surface area contributed by atoms with Gasteiger partial charge in [-0.3, -0.25) is 9.69 Å². The maximum atomic E-state index is 12.4. The Morgan fingerprint density at radius 3 is 2.46 bits per heavy atom. The summed E-state index contributed by atoms with van der Waals surface area (Å²) < 4.78 is 5.89. The fourth-order valence-electron chi connectivity index (χ4n) is 2.70. The van der Waals surface area contributed by atoms with Crippen molar-refractivity contribution in [3.05, 3.63) is 83.0 Å². The van der Waals surface area contributed by atoms with Crippen molar-refractivity contribution in [1.82, 2.24) is 0 Å². The van der Waals surface area contributed by atoms with Crippen LogP contribution < -0.4 is 4.90 Å². The second-order valence-electron chi connectivity index (χ2n) is 5.92. The van der Waals surface area contributed by atoms with Crippen LogP contribution in [0.1, 0.15) is 11.3 Å². The van der Waals surface area contributed by atoms with Gasteiger partial charge in [0.2, 0.25) is 0 Å². The van der Waals surface area contributed by atoms with Crippen LogP contribution in [0.3, 0.4) is 0 Å². The molecule has 1 aliphatic rings. The van der Waals surface area contributed by atoms with Gasteiger partial charge in [-0.05, 0) is 49.0 Å². The SMILES string of the molecule is Cc1ccc(N2C(=O)S/C(=C\c3ccc(-c4ccccc4)o3)C2=S)cc1. The highest BCUT2D eigenvalue weighted by atomic mass is 32.2. The topological polar surface area (TPSA) is 33.5 Å². The zero-order valence-electron chi connectivity index (χ0n) is 14.0. The molecule has 1 saturated heterocycles. The van der Waals surface area contributed by atoms with Gasteiger partial charge in [0.05, 0.1) is 10.6 Å². The standard InChI is InChI=1S/C21H15NO2S2/c1-14-7-9-16(10-8-14)22-20(25)19(26-21(22)23)13-17-11-12-18(24-17)15-5-3-2-4-6-15/h2-13H,1H3/b19-13-. The van der Waals surface area contributed by atoms with E-state index in [-0.39, 0.29) is 5.24 Å². The largest absolute Gasteiger partial charge is 0.457 e. The van der Waals surface area contributed by atoms with E-state index in [2.05, 4.69) is 0 Å². The fraction of sp³-hybridized carbons (Fsp3) is 0.0476. The number of amides is 1. The van der Waals surface area contributed by atoms with E-state index in [0.717, 1.165) is 39.2 Å². The highest BCUT2D eigenvalue weighted by Crippen LogP contribution is 2.37. The summed E-state index contributed by atoms with van der Waals surface area (Å²) in [6.07, 6.45) is 1.82. The average molecular weight is 377 g/mol. The van der Waals surface area contributed by atoms with Gasteiger partial charge in [-0.1, -0.05) is 60.2 Å². The van der Waals surface area contributed by atoms with Gasteiger partial charge < -0.3 is 4.42 Å². The minimum atomic E-state index is -0.0973. The van der Waals surface area contributed by atoms with E-state index in [0.29, 0.717) is 10.7 Å². The number of furan rings is 1. The number of rotatable bonds is 3. The van der Waals surface area contributed by atoms with E-state index in [1.54, 1.807) is 4.90 Å². The summed E-state index contributed by atoms with van der Waals surface area (Å²) in [5, 5.41) is -0.0973. The van der Waals surface area contributed by atoms with Gasteiger partial charge in [-0.15, -0.1) is 0 Å². The predicted octanol–water partition coefficient (Wildman–Crippen LogP) is 6.30. The number of aryl methyl sites for hydroxylation is 1. The highest BCUT2D eigenvalue weighted by molar-refractivity contribution is 8.20. The first-order valence-corrected chi connectivity index (χ1v) is 9.34. The Hall–Kier alpha value is -2.63. The molecule has 1 aromatic heterocycles. The molecule has 1 amide bonds. The number of carbonyl (C=O) groups is 1. The Kier molecular flexibility index (Phi) is 4.49. The van der Waals surface area contributed by atoms with Crippen LogP contribution in [-0.4, -0.2) is 10.2 Å². The summed E-state index contributed by atoms with van der Waals surface area (Å²) in [6.45, 7) is 2.01. The van der Waals surface area contributed by atoms with Crippen LogP contribution in [0.5, 0.6) is 0 Å². The highest BCUT2D eigenvalue weighted by Gasteiger charge is 2.33. The van der Waals surface area contributed by atoms with Crippen molar-refractivity contribution < 1.29 is 9.21 Å². The lowest BCUT2D eigenvalue weighted by atomic mass is 10.2. The molecule has 2 heterocycles. The third-order valence-corrected chi connectivity index (χ3v) is 5.46. The normalized spacial score (nSPS) is 15.9. The fourth-order valence-corrected chi connectivity index (χ4v) is 3.96. The van der Waals surface area contributed by atoms with Gasteiger partial charge in [-0.2, -0.15) is 0 Å². The summed E-state index contributed by atoms with van der Waals surface area (Å²) >= 11 is 6.66. The quantitative estimate of drug-likeness (QED) is 0.396. The van der Waals surface area contributed by atoms with Crippen LogP contribution >= 0.6 is 24.0 Å². The minimum Gasteiger partial charge on any atom is -0.457 e. The van der Waals surface area contributed by atoms with Crippen molar-refractivity contribution >= 4 is 46.0 Å². The van der Waals surface area contributed by atoms with Gasteiger partial charge in [0.25, 0.3) is 5.24 Å². The van der Waals surface area contributed by atoms with E-state index in [9.17, 15) is 4.79 Å². The molecule has 3 aromatic rings. The van der Waals surface area contributed by atoms with Crippen LogP contribution in [-0.2, 0) is 0 Å². The molecule has 1 fully saturated rings. The molecule has 0 aliphatic carbocycles. The van der Waals surface area contributed by atoms with Crippen molar-refractivity contribution in [2.45, 2.75) is 6.92 Å². The molecule has 0 unspecified atom stereocenters. The second kappa shape index (κ2) is 6.94. The molecular weight excluding hydrogens is 362 g/mol. The van der Waals surface area contributed by atoms with Crippen LogP contribution in [0.15, 0.2) is 76.1 Å². The van der Waals surface area contributed by atoms with Crippen molar-refractivity contribution in [3.63, 3.8) is 0 Å². The summed E-state index contributed by atoms with van der Waals surface area (Å²) in [6, 6.07) is 21.4. The Morgan fingerprint density at radius 1 is 1.00 bits per heavy atom. The molecule has 0 radical (unpaired) electrons. The molecule has 3 nitrogen and oxygen atoms in total. The molecule has 1 aliphatic heterocycles. The molecular formula is C21H15NO2S2. The van der Waals surface area contributed by atoms with Crippen LogP contribution in [0.4, 0.5) is 10.5 Å². The van der Waals surface area contributed by atoms with Gasteiger partial charge in [0, 0.05) is 5.56 Å². The second-order valence-corrected chi connectivity index (χ2v) is 7.30. The average Bonchev–Trinajstić information content (AvgIpc) is 3.22. The molecule has 5 heteroatoms. The van der Waals surface area contributed by atoms with Gasteiger partial charge in [0.1, 0.15) is 16.5 Å². The first-order chi connectivity index (χ1) is 12.6. The number of hydrogen-bond donors (Lipinski definition) is 0. The lowest BCUT2D eigenvalue weighted by molar-refractivity contribution is 0.268. The molecule has 0 spiro atoms. The third-order valence-electron chi connectivity index (χ3n) is 4.04. The summed E-state index contributed by atoms with van der Waals surface area (Å²) in [4.78, 5) is 15.2. The van der Waals surface area contributed by atoms with E-state index in [1.165, 1.54) is 0 Å². The first kappa shape index (κ1) is 16.8. The number of nitrogens with zero attached hydrogens (tertiary/aromatic N) is 1. The van der Waals surface area contributed by atoms with Crippen molar-refractivity contribution in [2.24, 2.45) is 0 Å². The molecule has 26 heavy (non-hydrogen) atoms. The predicted molar refractivity (Wildman–Crippen MR) is 111 cm³/mol. The van der Waals surface area contributed by atoms with E-state index < -0.39 is 0 Å². The number of hydrogen-bond acceptors (Lipinski definition) is 4. The molecule has 0 saturated carbocycles. The van der Waals surface area contributed by atoms with Gasteiger partial charge in [0.15, 0.2) is 0 Å². The molecule has 4 rings (SSSR count). The maximum absolute atomic E-state index is 12.4. The van der Waals surface area contributed by atoms with Gasteiger partial charge in [-0.25, -0.2) is 0 Å². The summed E-state index contributed by atoms with van der Waals surface area (Å²) in [5.41, 5.74) is 2.93. The third kappa shape index (κ3) is 3.23. The van der Waals surface area contributed by atoms with Crippen molar-refractivity contribution in [3.8, 4) is 11.3 Å². The molecule has 128 valence electrons.